The summed E-state index contributed by atoms with van der Waals surface area (Å²) in [6.45, 7) is 4.87. The van der Waals surface area contributed by atoms with Crippen LogP contribution in [0.15, 0.2) is 12.2 Å². The molecule has 0 aromatic rings. The summed E-state index contributed by atoms with van der Waals surface area (Å²) in [6, 6.07) is -0.558. The van der Waals surface area contributed by atoms with Gasteiger partial charge in [-0.1, -0.05) is 231 Å². The highest BCUT2D eigenvalue weighted by Crippen LogP contribution is 2.17. The third-order valence-electron chi connectivity index (χ3n) is 11.8. The van der Waals surface area contributed by atoms with Crippen molar-refractivity contribution in [2.24, 2.45) is 0 Å². The summed E-state index contributed by atoms with van der Waals surface area (Å²) < 4.78 is 5.43. The van der Waals surface area contributed by atoms with Crippen molar-refractivity contribution >= 4 is 11.9 Å². The molecule has 57 heavy (non-hydrogen) atoms. The Labute approximate surface area is 355 Å². The van der Waals surface area contributed by atoms with E-state index in [4.69, 9.17) is 4.74 Å². The number of unbranched alkanes of at least 4 members (excludes halogenated alkanes) is 34. The topological polar surface area (TPSA) is 95.9 Å². The molecule has 0 rings (SSSR count). The van der Waals surface area contributed by atoms with Crippen LogP contribution in [0.1, 0.15) is 277 Å². The summed E-state index contributed by atoms with van der Waals surface area (Å²) in [4.78, 5) is 24.4. The molecule has 0 spiro atoms. The van der Waals surface area contributed by atoms with Crippen LogP contribution >= 0.6 is 0 Å². The van der Waals surface area contributed by atoms with E-state index in [1.807, 2.05) is 0 Å². The minimum atomic E-state index is -0.678. The number of hydrogen-bond donors (Lipinski definition) is 3. The van der Waals surface area contributed by atoms with Crippen LogP contribution in [0.4, 0.5) is 0 Å². The molecule has 6 nitrogen and oxygen atoms in total. The number of nitrogens with one attached hydrogen (secondary N) is 1. The van der Waals surface area contributed by atoms with Crippen molar-refractivity contribution in [2.45, 2.75) is 289 Å². The number of aliphatic hydroxyl groups is 2. The van der Waals surface area contributed by atoms with E-state index < -0.39 is 12.1 Å². The molecule has 0 aliphatic heterocycles. The highest BCUT2D eigenvalue weighted by molar-refractivity contribution is 5.76. The summed E-state index contributed by atoms with van der Waals surface area (Å²) in [5, 5.41) is 23.2. The van der Waals surface area contributed by atoms with Crippen LogP contribution in [0.2, 0.25) is 0 Å². The highest BCUT2D eigenvalue weighted by atomic mass is 16.5. The summed E-state index contributed by atoms with van der Waals surface area (Å²) in [5.74, 6) is -0.0857. The fourth-order valence-corrected chi connectivity index (χ4v) is 7.86. The van der Waals surface area contributed by atoms with Crippen LogP contribution in [-0.2, 0) is 14.3 Å². The first-order chi connectivity index (χ1) is 28.0. The number of aliphatic hydroxyl groups excluding tert-OH is 2. The quantitative estimate of drug-likeness (QED) is 0.0323. The Kier molecular flexibility index (Phi) is 46.1. The predicted molar refractivity (Wildman–Crippen MR) is 246 cm³/mol. The van der Waals surface area contributed by atoms with E-state index in [1.54, 1.807) is 0 Å². The first-order valence-electron chi connectivity index (χ1n) is 25.4. The maximum absolute atomic E-state index is 12.5. The molecule has 0 heterocycles. The number of carbonyl (C=O) groups is 2. The largest absolute Gasteiger partial charge is 0.466 e. The van der Waals surface area contributed by atoms with E-state index in [-0.39, 0.29) is 18.5 Å². The molecule has 0 aromatic heterocycles. The molecule has 338 valence electrons. The molecule has 0 radical (unpaired) electrons. The molecular formula is C51H99NO5. The Morgan fingerprint density at radius 1 is 0.474 bits per heavy atom. The molecule has 0 aliphatic carbocycles. The third-order valence-corrected chi connectivity index (χ3v) is 11.8. The lowest BCUT2D eigenvalue weighted by Gasteiger charge is -2.22. The molecule has 0 fully saturated rings. The second-order valence-corrected chi connectivity index (χ2v) is 17.5. The molecule has 0 saturated heterocycles. The number of rotatable bonds is 47. The van der Waals surface area contributed by atoms with Gasteiger partial charge in [-0.05, 0) is 44.9 Å². The van der Waals surface area contributed by atoms with Crippen LogP contribution in [-0.4, -0.2) is 47.4 Å². The number of ether oxygens (including phenoxy) is 1. The minimum Gasteiger partial charge on any atom is -0.466 e. The summed E-state index contributed by atoms with van der Waals surface area (Å²) in [7, 11) is 0. The van der Waals surface area contributed by atoms with Crippen molar-refractivity contribution < 1.29 is 24.5 Å². The zero-order valence-electron chi connectivity index (χ0n) is 38.3. The third kappa shape index (κ3) is 44.0. The zero-order chi connectivity index (χ0) is 41.5. The molecule has 3 N–H and O–H groups in total. The van der Waals surface area contributed by atoms with Crippen LogP contribution in [0.5, 0.6) is 0 Å². The van der Waals surface area contributed by atoms with E-state index in [1.165, 1.54) is 186 Å². The number of esters is 1. The lowest BCUT2D eigenvalue weighted by molar-refractivity contribution is -0.143. The van der Waals surface area contributed by atoms with Crippen molar-refractivity contribution in [1.82, 2.24) is 5.32 Å². The van der Waals surface area contributed by atoms with Gasteiger partial charge in [0.15, 0.2) is 0 Å². The van der Waals surface area contributed by atoms with Gasteiger partial charge in [-0.2, -0.15) is 0 Å². The smallest absolute Gasteiger partial charge is 0.305 e. The Hall–Kier alpha value is -1.40. The number of carbonyl (C=O) groups excluding carboxylic acids is 2. The fourth-order valence-electron chi connectivity index (χ4n) is 7.86. The second kappa shape index (κ2) is 47.3. The molecule has 0 aromatic carbocycles. The van der Waals surface area contributed by atoms with Crippen molar-refractivity contribution in [1.29, 1.82) is 0 Å². The van der Waals surface area contributed by atoms with Gasteiger partial charge in [0.05, 0.1) is 25.4 Å². The van der Waals surface area contributed by atoms with Gasteiger partial charge in [0, 0.05) is 12.8 Å². The lowest BCUT2D eigenvalue weighted by Crippen LogP contribution is -2.45. The summed E-state index contributed by atoms with van der Waals surface area (Å²) in [6.07, 6.45) is 53.2. The van der Waals surface area contributed by atoms with E-state index in [0.717, 1.165) is 57.8 Å². The average molecular weight is 806 g/mol. The van der Waals surface area contributed by atoms with Gasteiger partial charge in [-0.25, -0.2) is 0 Å². The van der Waals surface area contributed by atoms with Gasteiger partial charge < -0.3 is 20.3 Å². The molecule has 2 atom stereocenters. The van der Waals surface area contributed by atoms with Crippen molar-refractivity contribution in [3.05, 3.63) is 12.2 Å². The number of amides is 1. The maximum Gasteiger partial charge on any atom is 0.305 e. The first kappa shape index (κ1) is 55.6. The second-order valence-electron chi connectivity index (χ2n) is 17.5. The molecule has 0 aliphatic rings. The maximum atomic E-state index is 12.5. The highest BCUT2D eigenvalue weighted by Gasteiger charge is 2.20. The Morgan fingerprint density at radius 2 is 0.842 bits per heavy atom. The van der Waals surface area contributed by atoms with Gasteiger partial charge in [0.1, 0.15) is 0 Å². The minimum absolute atomic E-state index is 0.0293. The molecular weight excluding hydrogens is 707 g/mol. The van der Waals surface area contributed by atoms with Gasteiger partial charge in [0.25, 0.3) is 0 Å². The van der Waals surface area contributed by atoms with E-state index in [2.05, 4.69) is 31.3 Å². The van der Waals surface area contributed by atoms with Gasteiger partial charge in [0.2, 0.25) is 5.91 Å². The van der Waals surface area contributed by atoms with Gasteiger partial charge in [-0.3, -0.25) is 9.59 Å². The van der Waals surface area contributed by atoms with E-state index in [9.17, 15) is 19.8 Å². The number of allylic oxidation sites excluding steroid dienone is 2. The molecule has 2 unspecified atom stereocenters. The standard InChI is InChI=1S/C51H99NO5/c1-3-5-7-9-11-13-15-16-17-18-19-20-21-22-24-27-31-35-39-43-49(54)48(47-53)52-50(55)44-40-36-32-28-25-26-30-34-38-42-46-57-51(56)45-41-37-33-29-23-14-12-10-8-6-4-2/h10,12,48-49,53-54H,3-9,11,13-47H2,1-2H3,(H,52,55)/b12-10-. The Morgan fingerprint density at radius 3 is 1.30 bits per heavy atom. The molecule has 0 saturated carbocycles. The van der Waals surface area contributed by atoms with E-state index in [0.29, 0.717) is 25.9 Å². The van der Waals surface area contributed by atoms with Gasteiger partial charge in [-0.15, -0.1) is 0 Å². The van der Waals surface area contributed by atoms with Crippen LogP contribution in [0.3, 0.4) is 0 Å². The predicted octanol–water partition coefficient (Wildman–Crippen LogP) is 15.0. The van der Waals surface area contributed by atoms with Crippen LogP contribution in [0.25, 0.3) is 0 Å². The Bertz CT molecular complexity index is 847. The summed E-state index contributed by atoms with van der Waals surface area (Å²) >= 11 is 0. The Balaban J connectivity index is 3.49. The van der Waals surface area contributed by atoms with Crippen LogP contribution < -0.4 is 5.32 Å². The van der Waals surface area contributed by atoms with Crippen molar-refractivity contribution in [2.75, 3.05) is 13.2 Å². The summed E-state index contributed by atoms with van der Waals surface area (Å²) in [5.41, 5.74) is 0. The first-order valence-corrected chi connectivity index (χ1v) is 25.4. The normalized spacial score (nSPS) is 12.7. The zero-order valence-corrected chi connectivity index (χ0v) is 38.3. The lowest BCUT2D eigenvalue weighted by atomic mass is 10.0. The van der Waals surface area contributed by atoms with E-state index >= 15 is 0 Å². The fraction of sp³-hybridized carbons (Fsp3) is 0.922. The van der Waals surface area contributed by atoms with Gasteiger partial charge >= 0.3 is 5.97 Å². The molecule has 0 bridgehead atoms. The molecule has 6 heteroatoms. The monoisotopic (exact) mass is 806 g/mol. The van der Waals surface area contributed by atoms with Crippen molar-refractivity contribution in [3.8, 4) is 0 Å². The average Bonchev–Trinajstić information content (AvgIpc) is 3.21. The number of hydrogen-bond acceptors (Lipinski definition) is 5. The van der Waals surface area contributed by atoms with Crippen LogP contribution in [0, 0.1) is 0 Å². The molecule has 1 amide bonds. The SMILES string of the molecule is CCCC/C=C\CCCCCCCC(=O)OCCCCCCCCCCCCC(=O)NC(CO)C(O)CCCCCCCCCCCCCCCCCCCCC. The van der Waals surface area contributed by atoms with Crippen molar-refractivity contribution in [3.63, 3.8) is 0 Å².